The SMILES string of the molecule is N#CC(C#N)=NNc1c(Cl)cc(Br)c(F)c1Br. The van der Waals surface area contributed by atoms with E-state index in [1.807, 2.05) is 0 Å². The van der Waals surface area contributed by atoms with E-state index >= 15 is 0 Å². The summed E-state index contributed by atoms with van der Waals surface area (Å²) in [6.45, 7) is 0. The van der Waals surface area contributed by atoms with Crippen molar-refractivity contribution in [1.82, 2.24) is 0 Å². The van der Waals surface area contributed by atoms with Gasteiger partial charge in [0.1, 0.15) is 12.1 Å². The van der Waals surface area contributed by atoms with E-state index in [9.17, 15) is 4.39 Å². The summed E-state index contributed by atoms with van der Waals surface area (Å²) in [5, 5.41) is 20.6. The summed E-state index contributed by atoms with van der Waals surface area (Å²) >= 11 is 11.8. The molecule has 0 spiro atoms. The number of halogens is 4. The van der Waals surface area contributed by atoms with Crippen molar-refractivity contribution in [2.24, 2.45) is 5.10 Å². The van der Waals surface area contributed by atoms with E-state index in [4.69, 9.17) is 22.1 Å². The van der Waals surface area contributed by atoms with E-state index in [-0.39, 0.29) is 19.7 Å². The van der Waals surface area contributed by atoms with E-state index in [0.29, 0.717) is 0 Å². The molecule has 0 amide bonds. The van der Waals surface area contributed by atoms with Crippen LogP contribution in [0.2, 0.25) is 5.02 Å². The molecule has 0 aromatic heterocycles. The second-order valence-electron chi connectivity index (χ2n) is 2.64. The maximum Gasteiger partial charge on any atom is 0.237 e. The number of hydrogen-bond donors (Lipinski definition) is 1. The van der Waals surface area contributed by atoms with Gasteiger partial charge in [-0.05, 0) is 37.9 Å². The van der Waals surface area contributed by atoms with Crippen molar-refractivity contribution in [2.45, 2.75) is 0 Å². The number of nitrogens with one attached hydrogen (secondary N) is 1. The van der Waals surface area contributed by atoms with Crippen LogP contribution in [0.25, 0.3) is 0 Å². The van der Waals surface area contributed by atoms with Gasteiger partial charge in [0.25, 0.3) is 0 Å². The van der Waals surface area contributed by atoms with Crippen molar-refractivity contribution in [2.75, 3.05) is 5.43 Å². The first-order chi connectivity index (χ1) is 8.01. The average molecular weight is 380 g/mol. The highest BCUT2D eigenvalue weighted by Gasteiger charge is 2.14. The monoisotopic (exact) mass is 378 g/mol. The van der Waals surface area contributed by atoms with Crippen molar-refractivity contribution in [3.8, 4) is 12.1 Å². The fraction of sp³-hybridized carbons (Fsp3) is 0. The molecule has 1 aromatic rings. The van der Waals surface area contributed by atoms with Gasteiger partial charge in [0.05, 0.1) is 19.7 Å². The van der Waals surface area contributed by atoms with Crippen LogP contribution >= 0.6 is 43.5 Å². The summed E-state index contributed by atoms with van der Waals surface area (Å²) in [5.74, 6) is -0.567. The first kappa shape index (κ1) is 13.9. The second-order valence-corrected chi connectivity index (χ2v) is 4.69. The summed E-state index contributed by atoms with van der Waals surface area (Å²) in [6, 6.07) is 4.44. The minimum atomic E-state index is -0.567. The topological polar surface area (TPSA) is 72.0 Å². The Bertz CT molecular complexity index is 558. The molecule has 0 atom stereocenters. The standard InChI is InChI=1S/C9H2Br2ClFN4/c10-5-1-6(12)9(7(11)8(5)13)17-16-4(2-14)3-15/h1,17H. The lowest BCUT2D eigenvalue weighted by Crippen LogP contribution is -1.99. The van der Waals surface area contributed by atoms with Crippen molar-refractivity contribution in [3.63, 3.8) is 0 Å². The van der Waals surface area contributed by atoms with E-state index in [2.05, 4.69) is 42.4 Å². The molecular weight excluding hydrogens is 378 g/mol. The molecule has 8 heteroatoms. The summed E-state index contributed by atoms with van der Waals surface area (Å²) in [6.07, 6.45) is 0. The lowest BCUT2D eigenvalue weighted by Gasteiger charge is -2.08. The Hall–Kier alpha value is -1.15. The summed E-state index contributed by atoms with van der Waals surface area (Å²) in [4.78, 5) is 0. The Morgan fingerprint density at radius 3 is 2.53 bits per heavy atom. The predicted molar refractivity (Wildman–Crippen MR) is 69.1 cm³/mol. The molecule has 0 aliphatic heterocycles. The van der Waals surface area contributed by atoms with Crippen LogP contribution in [0, 0.1) is 28.5 Å². The largest absolute Gasteiger partial charge is 0.274 e. The smallest absolute Gasteiger partial charge is 0.237 e. The molecule has 0 heterocycles. The van der Waals surface area contributed by atoms with Crippen molar-refractivity contribution < 1.29 is 4.39 Å². The zero-order valence-electron chi connectivity index (χ0n) is 7.93. The second kappa shape index (κ2) is 5.97. The Morgan fingerprint density at radius 2 is 2.00 bits per heavy atom. The molecule has 86 valence electrons. The van der Waals surface area contributed by atoms with Crippen LogP contribution < -0.4 is 5.43 Å². The molecule has 0 aliphatic carbocycles. The Labute approximate surface area is 118 Å². The maximum absolute atomic E-state index is 13.5. The summed E-state index contributed by atoms with van der Waals surface area (Å²) < 4.78 is 13.7. The van der Waals surface area contributed by atoms with Crippen LogP contribution in [-0.4, -0.2) is 5.71 Å². The lowest BCUT2D eigenvalue weighted by molar-refractivity contribution is 0.615. The molecule has 0 bridgehead atoms. The zero-order chi connectivity index (χ0) is 13.0. The molecule has 1 aromatic carbocycles. The van der Waals surface area contributed by atoms with Crippen LogP contribution in [0.4, 0.5) is 10.1 Å². The minimum absolute atomic E-state index is 0.0517. The zero-order valence-corrected chi connectivity index (χ0v) is 11.9. The number of nitrogens with zero attached hydrogens (tertiary/aromatic N) is 3. The number of benzene rings is 1. The highest BCUT2D eigenvalue weighted by molar-refractivity contribution is 9.11. The van der Waals surface area contributed by atoms with Crippen LogP contribution in [-0.2, 0) is 0 Å². The van der Waals surface area contributed by atoms with Gasteiger partial charge in [0.2, 0.25) is 5.71 Å². The molecule has 0 radical (unpaired) electrons. The van der Waals surface area contributed by atoms with Gasteiger partial charge in [-0.1, -0.05) is 11.6 Å². The number of hydrazone groups is 1. The molecule has 0 saturated carbocycles. The van der Waals surface area contributed by atoms with Gasteiger partial charge in [-0.2, -0.15) is 15.6 Å². The van der Waals surface area contributed by atoms with E-state index in [1.165, 1.54) is 6.07 Å². The van der Waals surface area contributed by atoms with Crippen LogP contribution in [0.15, 0.2) is 20.1 Å². The lowest BCUT2D eigenvalue weighted by atomic mass is 10.3. The number of anilines is 1. The molecule has 4 nitrogen and oxygen atoms in total. The quantitative estimate of drug-likeness (QED) is 0.367. The number of nitriles is 2. The van der Waals surface area contributed by atoms with Gasteiger partial charge in [-0.3, -0.25) is 5.43 Å². The van der Waals surface area contributed by atoms with Crippen LogP contribution in [0.1, 0.15) is 0 Å². The van der Waals surface area contributed by atoms with E-state index < -0.39 is 11.5 Å². The van der Waals surface area contributed by atoms with Crippen molar-refractivity contribution in [3.05, 3.63) is 25.9 Å². The number of rotatable bonds is 2. The molecule has 1 rings (SSSR count). The molecule has 1 N–H and O–H groups in total. The number of hydrogen-bond acceptors (Lipinski definition) is 4. The summed E-state index contributed by atoms with van der Waals surface area (Å²) in [5.41, 5.74) is 2.10. The third kappa shape index (κ3) is 3.16. The first-order valence-electron chi connectivity index (χ1n) is 3.98. The molecular formula is C9H2Br2ClFN4. The Morgan fingerprint density at radius 1 is 1.41 bits per heavy atom. The van der Waals surface area contributed by atoms with Gasteiger partial charge in [0, 0.05) is 0 Å². The van der Waals surface area contributed by atoms with Gasteiger partial charge in [0.15, 0.2) is 5.82 Å². The van der Waals surface area contributed by atoms with Crippen molar-refractivity contribution >= 4 is 54.9 Å². The Kier molecular flexibility index (Phi) is 4.88. The molecule has 0 aliphatic rings. The Balaban J connectivity index is 3.18. The maximum atomic E-state index is 13.5. The highest BCUT2D eigenvalue weighted by atomic mass is 79.9. The van der Waals surface area contributed by atoms with E-state index in [1.54, 1.807) is 12.1 Å². The van der Waals surface area contributed by atoms with Crippen LogP contribution in [0.3, 0.4) is 0 Å². The molecule has 0 unspecified atom stereocenters. The molecule has 0 saturated heterocycles. The average Bonchev–Trinajstić information content (AvgIpc) is 2.31. The third-order valence-corrected chi connectivity index (χ3v) is 3.23. The van der Waals surface area contributed by atoms with Gasteiger partial charge < -0.3 is 0 Å². The van der Waals surface area contributed by atoms with Gasteiger partial charge in [-0.25, -0.2) is 4.39 Å². The molecule has 0 fully saturated rings. The summed E-state index contributed by atoms with van der Waals surface area (Å²) in [7, 11) is 0. The normalized spacial score (nSPS) is 9.06. The molecule has 17 heavy (non-hydrogen) atoms. The predicted octanol–water partition coefficient (Wildman–Crippen LogP) is 3.82. The first-order valence-corrected chi connectivity index (χ1v) is 5.94. The minimum Gasteiger partial charge on any atom is -0.274 e. The van der Waals surface area contributed by atoms with Gasteiger partial charge in [-0.15, -0.1) is 0 Å². The van der Waals surface area contributed by atoms with Gasteiger partial charge >= 0.3 is 0 Å². The highest BCUT2D eigenvalue weighted by Crippen LogP contribution is 2.37. The van der Waals surface area contributed by atoms with Crippen molar-refractivity contribution in [1.29, 1.82) is 10.5 Å². The third-order valence-electron chi connectivity index (χ3n) is 1.61. The van der Waals surface area contributed by atoms with E-state index in [0.717, 1.165) is 0 Å². The fourth-order valence-electron chi connectivity index (χ4n) is 0.856. The fourth-order valence-corrected chi connectivity index (χ4v) is 2.56. The van der Waals surface area contributed by atoms with Crippen LogP contribution in [0.5, 0.6) is 0 Å².